The normalized spacial score (nSPS) is 18.0. The van der Waals surface area contributed by atoms with E-state index in [0.717, 1.165) is 48.4 Å². The summed E-state index contributed by atoms with van der Waals surface area (Å²) in [6, 6.07) is 30.9. The predicted octanol–water partition coefficient (Wildman–Crippen LogP) is 9.83. The van der Waals surface area contributed by atoms with Gasteiger partial charge in [0.1, 0.15) is 28.4 Å². The monoisotopic (exact) mass is 905 g/mol. The van der Waals surface area contributed by atoms with Gasteiger partial charge in [0.2, 0.25) is 5.82 Å². The molecule has 2 saturated heterocycles. The Morgan fingerprint density at radius 2 is 1.56 bits per heavy atom. The van der Waals surface area contributed by atoms with Gasteiger partial charge in [0.25, 0.3) is 8.32 Å². The molecule has 1 saturated carbocycles. The summed E-state index contributed by atoms with van der Waals surface area (Å²) in [7, 11) is -1.26. The molecule has 0 spiro atoms. The SMILES string of the molecule is CCc1cccc2cc(OCOC)cc(-c3ncc4c(N5CC6CCC(C5)N6C(=O)OC(C)(C)C)nc(C#CC5(CO[Si](c6ccccc6)(c6ccccc6)C(C)(C)C)CC5)nc4c3F)c12. The van der Waals surface area contributed by atoms with E-state index in [1.54, 1.807) is 13.3 Å². The van der Waals surface area contributed by atoms with E-state index in [4.69, 9.17) is 33.6 Å². The molecule has 0 N–H and O–H groups in total. The highest BCUT2D eigenvalue weighted by molar-refractivity contribution is 6.99. The lowest BCUT2D eigenvalue weighted by Gasteiger charge is -2.43. The molecule has 4 heterocycles. The fourth-order valence-corrected chi connectivity index (χ4v) is 14.7. The standard InChI is InChI=1S/C54H60FN5O5Si/c1-9-36-17-16-18-37-29-40(63-35-62-8)30-43(46(36)37)48-47(55)49-44(31-56-48)50(59-32-38-23-24-39(33-59)60(38)51(61)65-52(2,3)4)58-45(57-49)25-26-54(27-28-54)34-64-66(53(5,6)7,41-19-12-10-13-20-41)42-21-14-11-15-22-42/h10-22,29-31,38-39H,9,23-24,27-28,32-35H2,1-8H3. The molecule has 6 aromatic rings. The van der Waals surface area contributed by atoms with Gasteiger partial charge >= 0.3 is 6.09 Å². The number of carbonyl (C=O) groups is 1. The van der Waals surface area contributed by atoms with Crippen LogP contribution in [0, 0.1) is 23.1 Å². The smallest absolute Gasteiger partial charge is 0.410 e. The molecule has 12 heteroatoms. The molecule has 2 atom stereocenters. The minimum Gasteiger partial charge on any atom is -0.468 e. The highest BCUT2D eigenvalue weighted by Gasteiger charge is 2.53. The van der Waals surface area contributed by atoms with E-state index in [2.05, 4.69) is 111 Å². The van der Waals surface area contributed by atoms with Crippen LogP contribution >= 0.6 is 0 Å². The van der Waals surface area contributed by atoms with Gasteiger partial charge in [-0.1, -0.05) is 112 Å². The molecule has 2 aromatic heterocycles. The number of fused-ring (bicyclic) bond motifs is 4. The Bertz CT molecular complexity index is 2780. The molecular formula is C54H60FN5O5Si. The molecule has 2 aliphatic heterocycles. The van der Waals surface area contributed by atoms with Gasteiger partial charge in [-0.25, -0.2) is 19.2 Å². The number of amides is 1. The Labute approximate surface area is 389 Å². The van der Waals surface area contributed by atoms with Crippen LogP contribution in [0.25, 0.3) is 32.9 Å². The molecule has 1 amide bonds. The summed E-state index contributed by atoms with van der Waals surface area (Å²) in [5.74, 6) is 7.69. The summed E-state index contributed by atoms with van der Waals surface area (Å²) < 4.78 is 42.1. The van der Waals surface area contributed by atoms with Crippen LogP contribution in [-0.4, -0.2) is 85.5 Å². The van der Waals surface area contributed by atoms with Crippen molar-refractivity contribution in [1.82, 2.24) is 19.9 Å². The van der Waals surface area contributed by atoms with Crippen molar-refractivity contribution in [3.8, 4) is 28.8 Å². The molecule has 2 bridgehead atoms. The fourth-order valence-electron chi connectivity index (χ4n) is 10.0. The minimum absolute atomic E-state index is 0.0399. The van der Waals surface area contributed by atoms with Gasteiger partial charge in [-0.2, -0.15) is 0 Å². The van der Waals surface area contributed by atoms with Crippen LogP contribution in [0.4, 0.5) is 15.0 Å². The summed E-state index contributed by atoms with van der Waals surface area (Å²) in [5.41, 5.74) is 0.925. The van der Waals surface area contributed by atoms with Crippen LogP contribution in [0.15, 0.2) is 97.2 Å². The Morgan fingerprint density at radius 3 is 2.15 bits per heavy atom. The van der Waals surface area contributed by atoms with Crippen molar-refractivity contribution in [2.45, 2.75) is 103 Å². The summed E-state index contributed by atoms with van der Waals surface area (Å²) in [4.78, 5) is 32.5. The number of ether oxygens (including phenoxy) is 3. The Hall–Kier alpha value is -5.87. The Balaban J connectivity index is 1.14. The van der Waals surface area contributed by atoms with Gasteiger partial charge in [0, 0.05) is 32.0 Å². The molecule has 10 nitrogen and oxygen atoms in total. The molecule has 66 heavy (non-hydrogen) atoms. The summed E-state index contributed by atoms with van der Waals surface area (Å²) in [5, 5.41) is 4.52. The van der Waals surface area contributed by atoms with Crippen LogP contribution in [0.1, 0.15) is 85.5 Å². The molecular weight excluding hydrogens is 846 g/mol. The molecule has 9 rings (SSSR count). The van der Waals surface area contributed by atoms with Crippen LogP contribution in [0.2, 0.25) is 5.04 Å². The van der Waals surface area contributed by atoms with Crippen LogP contribution in [0.3, 0.4) is 0 Å². The number of rotatable bonds is 11. The number of pyridine rings is 1. The summed E-state index contributed by atoms with van der Waals surface area (Å²) >= 11 is 0. The number of aryl methyl sites for hydroxylation is 1. The number of hydrogen-bond acceptors (Lipinski definition) is 9. The van der Waals surface area contributed by atoms with Crippen molar-refractivity contribution < 1.29 is 27.8 Å². The van der Waals surface area contributed by atoms with Crippen molar-refractivity contribution >= 4 is 52.3 Å². The van der Waals surface area contributed by atoms with Crippen LogP contribution in [-0.2, 0) is 20.3 Å². The van der Waals surface area contributed by atoms with E-state index in [0.29, 0.717) is 42.2 Å². The first-order valence-corrected chi connectivity index (χ1v) is 25.1. The lowest BCUT2D eigenvalue weighted by molar-refractivity contribution is 0.0123. The maximum atomic E-state index is 17.7. The zero-order valence-electron chi connectivity index (χ0n) is 39.4. The van der Waals surface area contributed by atoms with E-state index in [9.17, 15) is 4.79 Å². The average molecular weight is 906 g/mol. The number of methoxy groups -OCH3 is 1. The number of anilines is 1. The third-order valence-electron chi connectivity index (χ3n) is 13.3. The number of nitrogens with zero attached hydrogens (tertiary/aromatic N) is 5. The first-order valence-electron chi connectivity index (χ1n) is 23.2. The predicted molar refractivity (Wildman–Crippen MR) is 261 cm³/mol. The van der Waals surface area contributed by atoms with E-state index in [1.165, 1.54) is 10.4 Å². The minimum atomic E-state index is -2.83. The second kappa shape index (κ2) is 17.7. The quantitative estimate of drug-likeness (QED) is 0.0715. The van der Waals surface area contributed by atoms with E-state index in [-0.39, 0.29) is 47.0 Å². The van der Waals surface area contributed by atoms with Crippen molar-refractivity contribution in [1.29, 1.82) is 0 Å². The highest BCUT2D eigenvalue weighted by atomic mass is 28.4. The maximum Gasteiger partial charge on any atom is 0.410 e. The molecule has 3 fully saturated rings. The summed E-state index contributed by atoms with van der Waals surface area (Å²) in [6.07, 6.45) is 5.51. The summed E-state index contributed by atoms with van der Waals surface area (Å²) in [6.45, 7) is 16.1. The third-order valence-corrected chi connectivity index (χ3v) is 18.3. The second-order valence-electron chi connectivity index (χ2n) is 20.1. The Morgan fingerprint density at radius 1 is 0.894 bits per heavy atom. The van der Waals surface area contributed by atoms with Gasteiger partial charge in [0.05, 0.1) is 29.5 Å². The van der Waals surface area contributed by atoms with Crippen LogP contribution < -0.4 is 20.0 Å². The number of benzene rings is 4. The van der Waals surface area contributed by atoms with Gasteiger partial charge < -0.3 is 23.5 Å². The number of halogens is 1. The Kier molecular flexibility index (Phi) is 12.2. The van der Waals surface area contributed by atoms with Crippen LogP contribution in [0.5, 0.6) is 5.75 Å². The lowest BCUT2D eigenvalue weighted by Crippen LogP contribution is -2.67. The first-order chi connectivity index (χ1) is 31.6. The van der Waals surface area contributed by atoms with Gasteiger partial charge in [-0.05, 0) is 103 Å². The highest BCUT2D eigenvalue weighted by Crippen LogP contribution is 2.48. The van der Waals surface area contributed by atoms with Gasteiger partial charge in [-0.3, -0.25) is 9.88 Å². The van der Waals surface area contributed by atoms with Crippen molar-refractivity contribution in [3.05, 3.63) is 114 Å². The second-order valence-corrected chi connectivity index (χ2v) is 24.4. The zero-order valence-corrected chi connectivity index (χ0v) is 40.4. The largest absolute Gasteiger partial charge is 0.468 e. The molecule has 3 aliphatic rings. The molecule has 0 radical (unpaired) electrons. The molecule has 342 valence electrons. The first kappa shape index (κ1) is 45.3. The van der Waals surface area contributed by atoms with Gasteiger partial charge in [-0.15, -0.1) is 0 Å². The average Bonchev–Trinajstić information content (AvgIpc) is 4.02. The number of piperazine rings is 1. The zero-order chi connectivity index (χ0) is 46.4. The molecule has 1 aliphatic carbocycles. The molecule has 4 aromatic carbocycles. The van der Waals surface area contributed by atoms with Crippen molar-refractivity contribution in [2.24, 2.45) is 5.41 Å². The topological polar surface area (TPSA) is 99.1 Å². The molecule has 2 unspecified atom stereocenters. The number of aromatic nitrogens is 3. The van der Waals surface area contributed by atoms with Crippen molar-refractivity contribution in [3.63, 3.8) is 0 Å². The fraction of sp³-hybridized carbons (Fsp3) is 0.407. The van der Waals surface area contributed by atoms with E-state index in [1.807, 2.05) is 49.9 Å². The van der Waals surface area contributed by atoms with E-state index < -0.39 is 25.2 Å². The van der Waals surface area contributed by atoms with E-state index >= 15 is 4.39 Å². The number of hydrogen-bond donors (Lipinski definition) is 0. The van der Waals surface area contributed by atoms with Crippen molar-refractivity contribution in [2.75, 3.05) is 38.5 Å². The van der Waals surface area contributed by atoms with Gasteiger partial charge in [0.15, 0.2) is 12.6 Å². The lowest BCUT2D eigenvalue weighted by atomic mass is 9.95. The number of carbonyl (C=O) groups excluding carboxylic acids is 1. The third kappa shape index (κ3) is 8.65. The maximum absolute atomic E-state index is 17.7.